The molecule has 3 aromatic rings. The maximum atomic E-state index is 9.36. The zero-order valence-corrected chi connectivity index (χ0v) is 11.2. The Balaban J connectivity index is 1.97. The Hall–Kier alpha value is -3.12. The van der Waals surface area contributed by atoms with Crippen molar-refractivity contribution in [1.29, 1.82) is 5.26 Å². The minimum absolute atomic E-state index is 0.452. The minimum atomic E-state index is 0.452. The number of aromatic nitrogens is 1. The molecule has 3 heteroatoms. The zero-order chi connectivity index (χ0) is 14.5. The van der Waals surface area contributed by atoms with Gasteiger partial charge in [0, 0.05) is 5.56 Å². The van der Waals surface area contributed by atoms with Gasteiger partial charge in [0.2, 0.25) is 0 Å². The highest BCUT2D eigenvalue weighted by Crippen LogP contribution is 2.25. The first-order chi connectivity index (χ1) is 10.4. The predicted molar refractivity (Wildman–Crippen MR) is 82.0 cm³/mol. The van der Waals surface area contributed by atoms with Crippen LogP contribution < -0.4 is 0 Å². The standard InChI is InChI=1S/C18H12N2O/c19-13-16-17(12-11-14-7-3-1-4-8-14)21-20-18(16)15-9-5-2-6-10-15/h1-12H/b12-11+. The highest BCUT2D eigenvalue weighted by atomic mass is 16.5. The Kier molecular flexibility index (Phi) is 3.62. The van der Waals surface area contributed by atoms with Gasteiger partial charge in [-0.1, -0.05) is 71.9 Å². The third kappa shape index (κ3) is 2.75. The lowest BCUT2D eigenvalue weighted by atomic mass is 10.1. The van der Waals surface area contributed by atoms with Crippen LogP contribution in [0.4, 0.5) is 0 Å². The van der Waals surface area contributed by atoms with Crippen molar-refractivity contribution in [3.63, 3.8) is 0 Å². The van der Waals surface area contributed by atoms with Crippen molar-refractivity contribution in [2.45, 2.75) is 0 Å². The van der Waals surface area contributed by atoms with E-state index in [2.05, 4.69) is 11.2 Å². The summed E-state index contributed by atoms with van der Waals surface area (Å²) in [6.07, 6.45) is 3.67. The highest BCUT2D eigenvalue weighted by Gasteiger charge is 2.15. The van der Waals surface area contributed by atoms with Crippen LogP contribution in [-0.2, 0) is 0 Å². The minimum Gasteiger partial charge on any atom is -0.355 e. The van der Waals surface area contributed by atoms with E-state index in [1.165, 1.54) is 0 Å². The van der Waals surface area contributed by atoms with Crippen molar-refractivity contribution in [2.24, 2.45) is 0 Å². The third-order valence-electron chi connectivity index (χ3n) is 3.10. The van der Waals surface area contributed by atoms with Crippen molar-refractivity contribution >= 4 is 12.2 Å². The molecule has 0 fully saturated rings. The lowest BCUT2D eigenvalue weighted by Gasteiger charge is -1.94. The van der Waals surface area contributed by atoms with Gasteiger partial charge in [-0.05, 0) is 11.6 Å². The van der Waals surface area contributed by atoms with Crippen molar-refractivity contribution in [2.75, 3.05) is 0 Å². The summed E-state index contributed by atoms with van der Waals surface area (Å²) in [5.41, 5.74) is 2.94. The molecule has 2 aromatic carbocycles. The van der Waals surface area contributed by atoms with Crippen molar-refractivity contribution in [1.82, 2.24) is 5.16 Å². The molecule has 0 aliphatic carbocycles. The number of nitriles is 1. The van der Waals surface area contributed by atoms with E-state index in [0.29, 0.717) is 17.0 Å². The smallest absolute Gasteiger partial charge is 0.178 e. The fraction of sp³-hybridized carbons (Fsp3) is 0. The van der Waals surface area contributed by atoms with Gasteiger partial charge < -0.3 is 4.52 Å². The van der Waals surface area contributed by atoms with Gasteiger partial charge in [-0.3, -0.25) is 0 Å². The Morgan fingerprint density at radius 2 is 1.57 bits per heavy atom. The molecule has 0 aliphatic heterocycles. The van der Waals surface area contributed by atoms with Gasteiger partial charge in [-0.15, -0.1) is 0 Å². The molecule has 3 rings (SSSR count). The predicted octanol–water partition coefficient (Wildman–Crippen LogP) is 4.38. The summed E-state index contributed by atoms with van der Waals surface area (Å²) >= 11 is 0. The number of hydrogen-bond donors (Lipinski definition) is 0. The molecule has 0 radical (unpaired) electrons. The van der Waals surface area contributed by atoms with Gasteiger partial charge >= 0.3 is 0 Å². The average molecular weight is 272 g/mol. The molecule has 3 nitrogen and oxygen atoms in total. The molecule has 0 atom stereocenters. The second-order valence-corrected chi connectivity index (χ2v) is 4.49. The molecule has 0 saturated carbocycles. The topological polar surface area (TPSA) is 49.8 Å². The molecular weight excluding hydrogens is 260 g/mol. The van der Waals surface area contributed by atoms with E-state index in [4.69, 9.17) is 4.52 Å². The second-order valence-electron chi connectivity index (χ2n) is 4.49. The Morgan fingerprint density at radius 1 is 0.905 bits per heavy atom. The van der Waals surface area contributed by atoms with E-state index in [-0.39, 0.29) is 0 Å². The monoisotopic (exact) mass is 272 g/mol. The summed E-state index contributed by atoms with van der Waals surface area (Å²) in [6.45, 7) is 0. The number of hydrogen-bond acceptors (Lipinski definition) is 3. The van der Waals surface area contributed by atoms with Gasteiger partial charge in [-0.25, -0.2) is 0 Å². The molecule has 21 heavy (non-hydrogen) atoms. The van der Waals surface area contributed by atoms with Crippen LogP contribution >= 0.6 is 0 Å². The lowest BCUT2D eigenvalue weighted by Crippen LogP contribution is -1.82. The van der Waals surface area contributed by atoms with Gasteiger partial charge in [0.15, 0.2) is 5.76 Å². The number of rotatable bonds is 3. The normalized spacial score (nSPS) is 10.6. The number of nitrogens with zero attached hydrogens (tertiary/aromatic N) is 2. The highest BCUT2D eigenvalue weighted by molar-refractivity contribution is 5.75. The van der Waals surface area contributed by atoms with Crippen LogP contribution in [0.5, 0.6) is 0 Å². The fourth-order valence-electron chi connectivity index (χ4n) is 2.05. The second kappa shape index (κ2) is 5.89. The zero-order valence-electron chi connectivity index (χ0n) is 11.2. The van der Waals surface area contributed by atoms with Gasteiger partial charge in [0.25, 0.3) is 0 Å². The van der Waals surface area contributed by atoms with Crippen LogP contribution in [0.25, 0.3) is 23.4 Å². The van der Waals surface area contributed by atoms with Gasteiger partial charge in [-0.2, -0.15) is 5.26 Å². The number of benzene rings is 2. The summed E-state index contributed by atoms with van der Waals surface area (Å²) in [6, 6.07) is 21.6. The Bertz CT molecular complexity index is 796. The quantitative estimate of drug-likeness (QED) is 0.710. The lowest BCUT2D eigenvalue weighted by molar-refractivity contribution is 0.415. The van der Waals surface area contributed by atoms with E-state index in [9.17, 15) is 5.26 Å². The van der Waals surface area contributed by atoms with Crippen LogP contribution in [0.2, 0.25) is 0 Å². The van der Waals surface area contributed by atoms with E-state index in [1.807, 2.05) is 66.7 Å². The van der Waals surface area contributed by atoms with Crippen molar-refractivity contribution in [3.05, 3.63) is 77.6 Å². The van der Waals surface area contributed by atoms with Crippen molar-refractivity contribution < 1.29 is 4.52 Å². The summed E-state index contributed by atoms with van der Waals surface area (Å²) in [4.78, 5) is 0. The van der Waals surface area contributed by atoms with Gasteiger partial charge in [0.1, 0.15) is 17.3 Å². The maximum absolute atomic E-state index is 9.36. The van der Waals surface area contributed by atoms with Crippen LogP contribution in [0.15, 0.2) is 65.2 Å². The SMILES string of the molecule is N#Cc1c(-c2ccccc2)noc1/C=C/c1ccccc1. The van der Waals surface area contributed by atoms with E-state index in [1.54, 1.807) is 6.08 Å². The molecule has 0 amide bonds. The Morgan fingerprint density at radius 3 is 2.24 bits per heavy atom. The van der Waals surface area contributed by atoms with Crippen molar-refractivity contribution in [3.8, 4) is 17.3 Å². The molecule has 1 heterocycles. The average Bonchev–Trinajstić information content (AvgIpc) is 2.97. The third-order valence-corrected chi connectivity index (χ3v) is 3.10. The maximum Gasteiger partial charge on any atom is 0.178 e. The molecular formula is C18H12N2O. The van der Waals surface area contributed by atoms with Crippen LogP contribution in [0.1, 0.15) is 16.9 Å². The van der Waals surface area contributed by atoms with Crippen LogP contribution in [-0.4, -0.2) is 5.16 Å². The molecule has 0 N–H and O–H groups in total. The van der Waals surface area contributed by atoms with E-state index >= 15 is 0 Å². The molecule has 0 saturated heterocycles. The van der Waals surface area contributed by atoms with E-state index in [0.717, 1.165) is 11.1 Å². The summed E-state index contributed by atoms with van der Waals surface area (Å²) in [5, 5.41) is 13.4. The van der Waals surface area contributed by atoms with Gasteiger partial charge in [0.05, 0.1) is 0 Å². The molecule has 1 aromatic heterocycles. The Labute approximate surface area is 122 Å². The molecule has 0 bridgehead atoms. The van der Waals surface area contributed by atoms with Crippen LogP contribution in [0.3, 0.4) is 0 Å². The molecule has 0 unspecified atom stereocenters. The first kappa shape index (κ1) is 12.9. The molecule has 0 spiro atoms. The summed E-state index contributed by atoms with van der Waals surface area (Å²) in [7, 11) is 0. The molecule has 0 aliphatic rings. The first-order valence-corrected chi connectivity index (χ1v) is 6.57. The van der Waals surface area contributed by atoms with Crippen LogP contribution in [0, 0.1) is 11.3 Å². The molecule has 100 valence electrons. The largest absolute Gasteiger partial charge is 0.355 e. The first-order valence-electron chi connectivity index (χ1n) is 6.57. The summed E-state index contributed by atoms with van der Waals surface area (Å²) in [5.74, 6) is 0.472. The fourth-order valence-corrected chi connectivity index (χ4v) is 2.05. The summed E-state index contributed by atoms with van der Waals surface area (Å²) < 4.78 is 5.30. The van der Waals surface area contributed by atoms with E-state index < -0.39 is 0 Å².